The molecule has 2 aromatic carbocycles. The molecule has 0 amide bonds. The highest BCUT2D eigenvalue weighted by Crippen LogP contribution is 2.27. The van der Waals surface area contributed by atoms with Crippen LogP contribution in [-0.2, 0) is 19.6 Å². The Balaban J connectivity index is 1.77. The van der Waals surface area contributed by atoms with E-state index >= 15 is 0 Å². The van der Waals surface area contributed by atoms with Crippen molar-refractivity contribution in [1.82, 2.24) is 9.21 Å². The largest absolute Gasteiger partial charge is 0.468 e. The lowest BCUT2D eigenvalue weighted by Crippen LogP contribution is -2.51. The number of methoxy groups -OCH3 is 1. The van der Waals surface area contributed by atoms with Crippen LogP contribution in [0, 0.1) is 11.6 Å². The van der Waals surface area contributed by atoms with Gasteiger partial charge in [-0.15, -0.1) is 0 Å². The summed E-state index contributed by atoms with van der Waals surface area (Å²) in [6.45, 7) is 0.682. The predicted molar refractivity (Wildman–Crippen MR) is 103 cm³/mol. The molecule has 1 aliphatic rings. The summed E-state index contributed by atoms with van der Waals surface area (Å²) >= 11 is 5.91. The zero-order valence-corrected chi connectivity index (χ0v) is 17.1. The van der Waals surface area contributed by atoms with E-state index in [0.29, 0.717) is 16.7 Å². The fourth-order valence-corrected chi connectivity index (χ4v) is 4.80. The van der Waals surface area contributed by atoms with E-state index in [1.165, 1.54) is 11.4 Å². The zero-order chi connectivity index (χ0) is 21.2. The monoisotopic (exact) mass is 444 g/mol. The van der Waals surface area contributed by atoms with Crippen LogP contribution < -0.4 is 0 Å². The third-order valence-electron chi connectivity index (χ3n) is 4.78. The average molecular weight is 445 g/mol. The predicted octanol–water partition coefficient (Wildman–Crippen LogP) is 2.84. The van der Waals surface area contributed by atoms with Gasteiger partial charge in [-0.25, -0.2) is 22.0 Å². The first kappa shape index (κ1) is 21.6. The molecule has 0 saturated carbocycles. The number of piperazine rings is 1. The molecule has 0 bridgehead atoms. The first-order chi connectivity index (χ1) is 13.7. The van der Waals surface area contributed by atoms with E-state index in [9.17, 15) is 22.0 Å². The number of carbonyl (C=O) groups is 1. The Morgan fingerprint density at radius 1 is 1.03 bits per heavy atom. The van der Waals surface area contributed by atoms with Crippen molar-refractivity contribution in [3.8, 4) is 0 Å². The molecule has 0 radical (unpaired) electrons. The fraction of sp³-hybridized carbons (Fsp3) is 0.316. The van der Waals surface area contributed by atoms with Crippen molar-refractivity contribution < 1.29 is 26.7 Å². The second-order valence-electron chi connectivity index (χ2n) is 6.49. The first-order valence-corrected chi connectivity index (χ1v) is 10.6. The van der Waals surface area contributed by atoms with Crippen LogP contribution >= 0.6 is 11.6 Å². The number of ether oxygens (including phenoxy) is 1. The van der Waals surface area contributed by atoms with Gasteiger partial charge in [-0.05, 0) is 35.9 Å². The number of hydrogen-bond donors (Lipinski definition) is 0. The van der Waals surface area contributed by atoms with Gasteiger partial charge in [-0.2, -0.15) is 4.31 Å². The molecule has 0 spiro atoms. The van der Waals surface area contributed by atoms with Crippen molar-refractivity contribution >= 4 is 27.6 Å². The van der Waals surface area contributed by atoms with E-state index in [0.717, 1.165) is 12.1 Å². The summed E-state index contributed by atoms with van der Waals surface area (Å²) in [7, 11) is -2.69. The second kappa shape index (κ2) is 8.74. The standard InChI is InChI=1S/C19H19ClF2N2O4S/c1-28-19(25)18(13-2-4-14(20)5-3-13)23-8-10-24(11-9-23)29(26,27)15-6-7-16(21)17(22)12-15/h2-7,12,18H,8-11H2,1H3/t18-/m1/s1. The van der Waals surface area contributed by atoms with E-state index in [1.807, 2.05) is 4.90 Å². The molecule has 156 valence electrons. The maximum Gasteiger partial charge on any atom is 0.327 e. The van der Waals surface area contributed by atoms with Crippen LogP contribution in [0.4, 0.5) is 8.78 Å². The smallest absolute Gasteiger partial charge is 0.327 e. The summed E-state index contributed by atoms with van der Waals surface area (Å²) in [5, 5.41) is 0.528. The summed E-state index contributed by atoms with van der Waals surface area (Å²) in [4.78, 5) is 13.9. The Labute approximate surface area is 172 Å². The third kappa shape index (κ3) is 4.58. The number of carbonyl (C=O) groups excluding carboxylic acids is 1. The molecule has 1 heterocycles. The highest BCUT2D eigenvalue weighted by molar-refractivity contribution is 7.89. The summed E-state index contributed by atoms with van der Waals surface area (Å²) in [6.07, 6.45) is 0. The number of esters is 1. The van der Waals surface area contributed by atoms with Gasteiger partial charge in [0, 0.05) is 31.2 Å². The van der Waals surface area contributed by atoms with E-state index in [4.69, 9.17) is 16.3 Å². The average Bonchev–Trinajstić information content (AvgIpc) is 2.71. The topological polar surface area (TPSA) is 66.9 Å². The molecular formula is C19H19ClF2N2O4S. The summed E-state index contributed by atoms with van der Waals surface area (Å²) in [5.74, 6) is -2.81. The molecule has 0 aliphatic carbocycles. The lowest BCUT2D eigenvalue weighted by molar-refractivity contribution is -0.147. The number of hydrogen-bond acceptors (Lipinski definition) is 5. The lowest BCUT2D eigenvalue weighted by atomic mass is 10.0. The summed E-state index contributed by atoms with van der Waals surface area (Å²) < 4.78 is 58.2. The fourth-order valence-electron chi connectivity index (χ4n) is 3.24. The minimum absolute atomic E-state index is 0.0857. The molecule has 10 heteroatoms. The Kier molecular flexibility index (Phi) is 6.52. The number of benzene rings is 2. The van der Waals surface area contributed by atoms with E-state index in [2.05, 4.69) is 0 Å². The Bertz CT molecular complexity index is 994. The van der Waals surface area contributed by atoms with Crippen molar-refractivity contribution in [3.05, 3.63) is 64.7 Å². The lowest BCUT2D eigenvalue weighted by Gasteiger charge is -2.37. The molecule has 1 aliphatic heterocycles. The molecule has 1 atom stereocenters. The van der Waals surface area contributed by atoms with Gasteiger partial charge in [0.1, 0.15) is 6.04 Å². The maximum atomic E-state index is 13.5. The summed E-state index contributed by atoms with van der Waals surface area (Å²) in [6, 6.07) is 8.54. The number of sulfonamides is 1. The Hall–Kier alpha value is -2.07. The van der Waals surface area contributed by atoms with E-state index < -0.39 is 33.7 Å². The van der Waals surface area contributed by atoms with Crippen LogP contribution in [0.25, 0.3) is 0 Å². The Morgan fingerprint density at radius 3 is 2.21 bits per heavy atom. The van der Waals surface area contributed by atoms with Gasteiger partial charge in [0.25, 0.3) is 0 Å². The van der Waals surface area contributed by atoms with Crippen molar-refractivity contribution in [1.29, 1.82) is 0 Å². The van der Waals surface area contributed by atoms with Crippen LogP contribution in [0.5, 0.6) is 0 Å². The van der Waals surface area contributed by atoms with Gasteiger partial charge in [0.2, 0.25) is 10.0 Å². The van der Waals surface area contributed by atoms with E-state index in [-0.39, 0.29) is 31.1 Å². The van der Waals surface area contributed by atoms with Gasteiger partial charge in [-0.1, -0.05) is 23.7 Å². The quantitative estimate of drug-likeness (QED) is 0.663. The van der Waals surface area contributed by atoms with Crippen LogP contribution in [0.15, 0.2) is 47.4 Å². The number of rotatable bonds is 5. The molecule has 3 rings (SSSR count). The molecule has 0 aromatic heterocycles. The molecule has 2 aromatic rings. The van der Waals surface area contributed by atoms with Gasteiger partial charge in [-0.3, -0.25) is 4.90 Å². The van der Waals surface area contributed by atoms with Crippen LogP contribution in [0.3, 0.4) is 0 Å². The second-order valence-corrected chi connectivity index (χ2v) is 8.87. The van der Waals surface area contributed by atoms with Gasteiger partial charge in [0.15, 0.2) is 11.6 Å². The number of nitrogens with zero attached hydrogens (tertiary/aromatic N) is 2. The molecule has 1 fully saturated rings. The minimum Gasteiger partial charge on any atom is -0.468 e. The van der Waals surface area contributed by atoms with Crippen molar-refractivity contribution in [3.63, 3.8) is 0 Å². The zero-order valence-electron chi connectivity index (χ0n) is 15.5. The third-order valence-corrected chi connectivity index (χ3v) is 6.92. The van der Waals surface area contributed by atoms with Crippen molar-refractivity contribution in [2.45, 2.75) is 10.9 Å². The van der Waals surface area contributed by atoms with Gasteiger partial charge in [0.05, 0.1) is 12.0 Å². The van der Waals surface area contributed by atoms with Crippen molar-refractivity contribution in [2.75, 3.05) is 33.3 Å². The van der Waals surface area contributed by atoms with Crippen LogP contribution in [0.2, 0.25) is 5.02 Å². The van der Waals surface area contributed by atoms with Crippen LogP contribution in [-0.4, -0.2) is 56.9 Å². The molecule has 29 heavy (non-hydrogen) atoms. The molecule has 1 saturated heterocycles. The summed E-state index contributed by atoms with van der Waals surface area (Å²) in [5.41, 5.74) is 0.679. The molecular weight excluding hydrogens is 426 g/mol. The highest BCUT2D eigenvalue weighted by Gasteiger charge is 2.35. The SMILES string of the molecule is COC(=O)[C@@H](c1ccc(Cl)cc1)N1CCN(S(=O)(=O)c2ccc(F)c(F)c2)CC1. The van der Waals surface area contributed by atoms with Gasteiger partial charge >= 0.3 is 5.97 Å². The molecule has 6 nitrogen and oxygen atoms in total. The maximum absolute atomic E-state index is 13.5. The molecule has 0 N–H and O–H groups in total. The van der Waals surface area contributed by atoms with Crippen LogP contribution in [0.1, 0.15) is 11.6 Å². The normalized spacial score (nSPS) is 17.1. The molecule has 0 unspecified atom stereocenters. The Morgan fingerprint density at radius 2 is 1.66 bits per heavy atom. The van der Waals surface area contributed by atoms with Gasteiger partial charge < -0.3 is 4.74 Å². The number of halogens is 3. The van der Waals surface area contributed by atoms with Crippen molar-refractivity contribution in [2.24, 2.45) is 0 Å². The minimum atomic E-state index is -3.98. The first-order valence-electron chi connectivity index (χ1n) is 8.76. The highest BCUT2D eigenvalue weighted by atomic mass is 35.5. The van der Waals surface area contributed by atoms with E-state index in [1.54, 1.807) is 24.3 Å².